The molecule has 0 aromatic rings. The van der Waals surface area contributed by atoms with Gasteiger partial charge in [0.1, 0.15) is 0 Å². The van der Waals surface area contributed by atoms with Gasteiger partial charge in [-0.2, -0.15) is 0 Å². The van der Waals surface area contributed by atoms with Crippen LogP contribution in [0.2, 0.25) is 0 Å². The summed E-state index contributed by atoms with van der Waals surface area (Å²) < 4.78 is 0. The lowest BCUT2D eigenvalue weighted by molar-refractivity contribution is -0.122. The average molecular weight is 233 g/mol. The molecule has 0 fully saturated rings. The molecule has 0 bridgehead atoms. The molecule has 1 aliphatic heterocycles. The normalized spacial score (nSPS) is 16.2. The molecule has 0 aromatic carbocycles. The van der Waals surface area contributed by atoms with Crippen molar-refractivity contribution in [3.8, 4) is 0 Å². The van der Waals surface area contributed by atoms with E-state index in [1.165, 1.54) is 0 Å². The van der Waals surface area contributed by atoms with Gasteiger partial charge >= 0.3 is 0 Å². The van der Waals surface area contributed by atoms with Crippen molar-refractivity contribution in [3.05, 3.63) is 47.7 Å². The Hall–Kier alpha value is -1.57. The number of carbonyl (C=O) groups excluding carboxylic acids is 1. The summed E-state index contributed by atoms with van der Waals surface area (Å²) in [5.74, 6) is 0.00206. The molecule has 1 heterocycles. The molecule has 0 aliphatic carbocycles. The Labute approximate surface area is 105 Å². The summed E-state index contributed by atoms with van der Waals surface area (Å²) in [7, 11) is 1.74. The van der Waals surface area contributed by atoms with Crippen LogP contribution in [-0.2, 0) is 4.79 Å². The first-order valence-electron chi connectivity index (χ1n) is 6.10. The van der Waals surface area contributed by atoms with Crippen LogP contribution in [0.3, 0.4) is 0 Å². The van der Waals surface area contributed by atoms with Gasteiger partial charge in [-0.3, -0.25) is 4.79 Å². The quantitative estimate of drug-likeness (QED) is 0.678. The molecule has 2 heteroatoms. The van der Waals surface area contributed by atoms with Crippen molar-refractivity contribution >= 4 is 5.91 Å². The van der Waals surface area contributed by atoms with Gasteiger partial charge in [0.05, 0.1) is 0 Å². The van der Waals surface area contributed by atoms with Gasteiger partial charge in [-0.15, -0.1) is 0 Å². The summed E-state index contributed by atoms with van der Waals surface area (Å²) in [5.41, 5.74) is 2.78. The molecule has 0 radical (unpaired) electrons. The lowest BCUT2D eigenvalue weighted by Crippen LogP contribution is -2.17. The van der Waals surface area contributed by atoms with E-state index in [4.69, 9.17) is 0 Å². The van der Waals surface area contributed by atoms with Gasteiger partial charge in [0.25, 0.3) is 5.91 Å². The van der Waals surface area contributed by atoms with E-state index in [9.17, 15) is 4.79 Å². The first-order valence-corrected chi connectivity index (χ1v) is 6.10. The molecule has 0 atom stereocenters. The molecule has 0 saturated heterocycles. The minimum absolute atomic E-state index is 0.00206. The van der Waals surface area contributed by atoms with Crippen LogP contribution in [0.1, 0.15) is 34.1 Å². The molecule has 0 unspecified atom stereocenters. The van der Waals surface area contributed by atoms with Crippen LogP contribution in [0, 0.1) is 0 Å². The average Bonchev–Trinajstić information content (AvgIpc) is 2.60. The predicted molar refractivity (Wildman–Crippen MR) is 74.5 cm³/mol. The summed E-state index contributed by atoms with van der Waals surface area (Å²) in [6, 6.07) is 0. The van der Waals surface area contributed by atoms with Crippen molar-refractivity contribution in [2.45, 2.75) is 34.1 Å². The molecule has 1 rings (SSSR count). The maximum absolute atomic E-state index is 11.4. The summed E-state index contributed by atoms with van der Waals surface area (Å²) >= 11 is 0. The molecule has 0 aromatic heterocycles. The fraction of sp³-hybridized carbons (Fsp3) is 0.400. The van der Waals surface area contributed by atoms with Crippen LogP contribution >= 0.6 is 0 Å². The fourth-order valence-electron chi connectivity index (χ4n) is 1.40. The Morgan fingerprint density at radius 1 is 1.47 bits per heavy atom. The Bertz CT molecular complexity index is 372. The van der Waals surface area contributed by atoms with Crippen molar-refractivity contribution in [1.29, 1.82) is 0 Å². The Balaban J connectivity index is 0.00000121. The summed E-state index contributed by atoms with van der Waals surface area (Å²) in [6.45, 7) is 12.0. The highest BCUT2D eigenvalue weighted by Crippen LogP contribution is 2.26. The standard InChI is InChI=1S/C13H17NO.C2H6/c1-5-6-7-8-10(2)12-9-13(15)14(4)11(12)3;1-2/h6-9H,3,5H2,1-2,4H3;1-2H3/b7-6-,10-8+;. The van der Waals surface area contributed by atoms with E-state index in [2.05, 4.69) is 19.6 Å². The van der Waals surface area contributed by atoms with E-state index < -0.39 is 0 Å². The number of hydrogen-bond acceptors (Lipinski definition) is 1. The van der Waals surface area contributed by atoms with Gasteiger partial charge in [-0.25, -0.2) is 0 Å². The molecule has 1 amide bonds. The van der Waals surface area contributed by atoms with E-state index in [-0.39, 0.29) is 5.91 Å². The van der Waals surface area contributed by atoms with Crippen molar-refractivity contribution in [2.24, 2.45) is 0 Å². The first-order chi connectivity index (χ1) is 8.07. The second-order valence-electron chi connectivity index (χ2n) is 3.59. The predicted octanol–water partition coefficient (Wildman–Crippen LogP) is 3.84. The minimum Gasteiger partial charge on any atom is -0.312 e. The van der Waals surface area contributed by atoms with Crippen LogP contribution in [-0.4, -0.2) is 17.9 Å². The van der Waals surface area contributed by atoms with E-state index in [1.807, 2.05) is 32.9 Å². The van der Waals surface area contributed by atoms with Crippen molar-refractivity contribution in [3.63, 3.8) is 0 Å². The van der Waals surface area contributed by atoms with Crippen LogP contribution in [0.25, 0.3) is 0 Å². The van der Waals surface area contributed by atoms with E-state index >= 15 is 0 Å². The summed E-state index contributed by atoms with van der Waals surface area (Å²) in [6.07, 6.45) is 8.74. The number of rotatable bonds is 3. The molecule has 17 heavy (non-hydrogen) atoms. The minimum atomic E-state index is 0.00206. The van der Waals surface area contributed by atoms with Gasteiger partial charge in [0, 0.05) is 24.4 Å². The summed E-state index contributed by atoms with van der Waals surface area (Å²) in [4.78, 5) is 12.9. The SMILES string of the molecule is C=C1C(/C(C)=C/C=C\CC)=CC(=O)N1C.CC. The third-order valence-corrected chi connectivity index (χ3v) is 2.46. The molecule has 0 saturated carbocycles. The highest BCUT2D eigenvalue weighted by molar-refractivity contribution is 5.95. The zero-order valence-electron chi connectivity index (χ0n) is 11.6. The van der Waals surface area contributed by atoms with Crippen molar-refractivity contribution in [2.75, 3.05) is 7.05 Å². The van der Waals surface area contributed by atoms with E-state index in [1.54, 1.807) is 18.0 Å². The van der Waals surface area contributed by atoms with Gasteiger partial charge in [-0.1, -0.05) is 45.6 Å². The van der Waals surface area contributed by atoms with Crippen molar-refractivity contribution < 1.29 is 4.79 Å². The van der Waals surface area contributed by atoms with Gasteiger partial charge < -0.3 is 4.90 Å². The maximum Gasteiger partial charge on any atom is 0.251 e. The Kier molecular flexibility index (Phi) is 6.95. The van der Waals surface area contributed by atoms with Gasteiger partial charge in [0.15, 0.2) is 0 Å². The number of hydrogen-bond donors (Lipinski definition) is 0. The van der Waals surface area contributed by atoms with E-state index in [0.29, 0.717) is 0 Å². The highest BCUT2D eigenvalue weighted by Gasteiger charge is 2.22. The van der Waals surface area contributed by atoms with E-state index in [0.717, 1.165) is 23.3 Å². The second kappa shape index (κ2) is 7.66. The number of carbonyl (C=O) groups is 1. The van der Waals surface area contributed by atoms with Crippen LogP contribution in [0.5, 0.6) is 0 Å². The summed E-state index contributed by atoms with van der Waals surface area (Å²) in [5, 5.41) is 0. The molecule has 0 spiro atoms. The van der Waals surface area contributed by atoms with Gasteiger partial charge in [-0.05, 0) is 18.9 Å². The molecular weight excluding hydrogens is 210 g/mol. The highest BCUT2D eigenvalue weighted by atomic mass is 16.2. The molecule has 0 N–H and O–H groups in total. The smallest absolute Gasteiger partial charge is 0.251 e. The molecule has 1 aliphatic rings. The maximum atomic E-state index is 11.4. The zero-order chi connectivity index (χ0) is 13.4. The largest absolute Gasteiger partial charge is 0.312 e. The Morgan fingerprint density at radius 3 is 2.47 bits per heavy atom. The topological polar surface area (TPSA) is 20.3 Å². The first kappa shape index (κ1) is 15.4. The number of amides is 1. The zero-order valence-corrected chi connectivity index (χ0v) is 11.6. The lowest BCUT2D eigenvalue weighted by Gasteiger charge is -2.12. The third-order valence-electron chi connectivity index (χ3n) is 2.46. The van der Waals surface area contributed by atoms with Crippen LogP contribution in [0.4, 0.5) is 0 Å². The van der Waals surface area contributed by atoms with Gasteiger partial charge in [0.2, 0.25) is 0 Å². The third kappa shape index (κ3) is 4.06. The lowest BCUT2D eigenvalue weighted by atomic mass is 10.1. The number of nitrogens with zero attached hydrogens (tertiary/aromatic N) is 1. The monoisotopic (exact) mass is 233 g/mol. The number of allylic oxidation sites excluding steroid dienone is 4. The molecular formula is C15H23NO. The molecule has 94 valence electrons. The van der Waals surface area contributed by atoms with Crippen LogP contribution < -0.4 is 0 Å². The fourth-order valence-corrected chi connectivity index (χ4v) is 1.40. The molecule has 2 nitrogen and oxygen atoms in total. The van der Waals surface area contributed by atoms with Crippen molar-refractivity contribution in [1.82, 2.24) is 4.90 Å². The second-order valence-corrected chi connectivity index (χ2v) is 3.59. The van der Waals surface area contributed by atoms with Crippen LogP contribution in [0.15, 0.2) is 47.7 Å². The number of likely N-dealkylation sites (N-methyl/N-ethyl adjacent to an activating group) is 1. The Morgan fingerprint density at radius 2 is 2.06 bits per heavy atom.